The molecule has 6 heteroatoms. The van der Waals surface area contributed by atoms with Crippen molar-refractivity contribution in [3.05, 3.63) is 40.8 Å². The fraction of sp³-hybridized carbons (Fsp3) is 0.0769. The summed E-state index contributed by atoms with van der Waals surface area (Å²) in [5.74, 6) is 1.03. The first-order chi connectivity index (χ1) is 9.20. The molecule has 0 fully saturated rings. The SMILES string of the molecule is Cc1c(N)[nH]c2nc(-c3ccccc3)nc(N=O)c12. The molecule has 0 atom stereocenters. The Hall–Kier alpha value is -2.76. The third kappa shape index (κ3) is 1.74. The molecule has 3 rings (SSSR count). The normalized spacial score (nSPS) is 10.8. The zero-order valence-corrected chi connectivity index (χ0v) is 10.2. The summed E-state index contributed by atoms with van der Waals surface area (Å²) in [6.45, 7) is 1.80. The van der Waals surface area contributed by atoms with E-state index in [4.69, 9.17) is 5.73 Å². The number of H-pyrrole nitrogens is 1. The predicted octanol–water partition coefficient (Wildman–Crippen LogP) is 2.91. The molecule has 2 heterocycles. The molecule has 19 heavy (non-hydrogen) atoms. The van der Waals surface area contributed by atoms with Crippen molar-refractivity contribution in [2.75, 3.05) is 5.73 Å². The van der Waals surface area contributed by atoms with Crippen molar-refractivity contribution < 1.29 is 0 Å². The van der Waals surface area contributed by atoms with Gasteiger partial charge in [-0.15, -0.1) is 4.91 Å². The first kappa shape index (κ1) is 11.3. The van der Waals surface area contributed by atoms with Gasteiger partial charge in [0.15, 0.2) is 5.82 Å². The number of benzene rings is 1. The van der Waals surface area contributed by atoms with Crippen molar-refractivity contribution in [2.45, 2.75) is 6.92 Å². The van der Waals surface area contributed by atoms with E-state index in [0.29, 0.717) is 22.7 Å². The largest absolute Gasteiger partial charge is 0.385 e. The van der Waals surface area contributed by atoms with Gasteiger partial charge in [-0.1, -0.05) is 30.3 Å². The molecular formula is C13H11N5O. The van der Waals surface area contributed by atoms with E-state index >= 15 is 0 Å². The Kier molecular flexibility index (Phi) is 2.49. The topological polar surface area (TPSA) is 97.0 Å². The summed E-state index contributed by atoms with van der Waals surface area (Å²) in [4.78, 5) is 22.5. The third-order valence-electron chi connectivity index (χ3n) is 3.04. The maximum atomic E-state index is 11.0. The lowest BCUT2D eigenvalue weighted by Crippen LogP contribution is -1.90. The van der Waals surface area contributed by atoms with E-state index in [1.54, 1.807) is 6.92 Å². The number of nitrogens with two attached hydrogens (primary N) is 1. The first-order valence-corrected chi connectivity index (χ1v) is 5.75. The summed E-state index contributed by atoms with van der Waals surface area (Å²) >= 11 is 0. The van der Waals surface area contributed by atoms with E-state index in [2.05, 4.69) is 20.1 Å². The zero-order chi connectivity index (χ0) is 13.4. The van der Waals surface area contributed by atoms with Gasteiger partial charge in [-0.25, -0.2) is 9.97 Å². The van der Waals surface area contributed by atoms with Gasteiger partial charge in [0.25, 0.3) is 0 Å². The molecule has 1 aromatic carbocycles. The molecule has 0 radical (unpaired) electrons. The first-order valence-electron chi connectivity index (χ1n) is 5.75. The molecule has 6 nitrogen and oxygen atoms in total. The van der Waals surface area contributed by atoms with Crippen LogP contribution in [0, 0.1) is 11.8 Å². The Morgan fingerprint density at radius 3 is 2.63 bits per heavy atom. The van der Waals surface area contributed by atoms with Gasteiger partial charge in [0.1, 0.15) is 11.5 Å². The Balaban J connectivity index is 2.32. The molecule has 0 spiro atoms. The molecule has 0 saturated heterocycles. The number of aromatic nitrogens is 3. The summed E-state index contributed by atoms with van der Waals surface area (Å²) in [7, 11) is 0. The van der Waals surface area contributed by atoms with Crippen molar-refractivity contribution in [3.8, 4) is 11.4 Å². The van der Waals surface area contributed by atoms with E-state index in [1.807, 2.05) is 30.3 Å². The summed E-state index contributed by atoms with van der Waals surface area (Å²) in [6, 6.07) is 9.40. The molecule has 0 aliphatic rings. The molecule has 0 aliphatic heterocycles. The molecular weight excluding hydrogens is 242 g/mol. The van der Waals surface area contributed by atoms with Crippen LogP contribution in [0.1, 0.15) is 5.56 Å². The molecule has 0 aliphatic carbocycles. The lowest BCUT2D eigenvalue weighted by molar-refractivity contribution is 1.19. The van der Waals surface area contributed by atoms with Crippen LogP contribution in [-0.4, -0.2) is 15.0 Å². The Bertz CT molecular complexity index is 764. The van der Waals surface area contributed by atoms with Crippen LogP contribution in [0.4, 0.5) is 11.6 Å². The summed E-state index contributed by atoms with van der Waals surface area (Å²) in [5, 5.41) is 3.56. The Morgan fingerprint density at radius 2 is 1.95 bits per heavy atom. The van der Waals surface area contributed by atoms with Crippen LogP contribution in [0.5, 0.6) is 0 Å². The number of nitrogens with one attached hydrogen (secondary N) is 1. The van der Waals surface area contributed by atoms with Crippen LogP contribution in [0.25, 0.3) is 22.4 Å². The van der Waals surface area contributed by atoms with Crippen molar-refractivity contribution in [1.29, 1.82) is 0 Å². The van der Waals surface area contributed by atoms with Gasteiger partial charge in [-0.2, -0.15) is 0 Å². The number of rotatable bonds is 2. The number of nitroso groups, excluding NO2 is 1. The molecule has 2 aromatic heterocycles. The van der Waals surface area contributed by atoms with Crippen molar-refractivity contribution in [1.82, 2.24) is 15.0 Å². The van der Waals surface area contributed by atoms with Crippen LogP contribution >= 0.6 is 0 Å². The van der Waals surface area contributed by atoms with E-state index in [0.717, 1.165) is 11.1 Å². The van der Waals surface area contributed by atoms with Crippen LogP contribution in [0.15, 0.2) is 35.5 Å². The highest BCUT2D eigenvalue weighted by molar-refractivity contribution is 5.94. The smallest absolute Gasteiger partial charge is 0.210 e. The van der Waals surface area contributed by atoms with Gasteiger partial charge in [0.2, 0.25) is 5.82 Å². The number of hydrogen-bond donors (Lipinski definition) is 2. The zero-order valence-electron chi connectivity index (χ0n) is 10.2. The van der Waals surface area contributed by atoms with E-state index in [9.17, 15) is 4.91 Å². The molecule has 0 amide bonds. The highest BCUT2D eigenvalue weighted by Crippen LogP contribution is 2.31. The van der Waals surface area contributed by atoms with Crippen LogP contribution < -0.4 is 5.73 Å². The molecule has 3 N–H and O–H groups in total. The second-order valence-electron chi connectivity index (χ2n) is 4.22. The van der Waals surface area contributed by atoms with E-state index in [1.165, 1.54) is 0 Å². The van der Waals surface area contributed by atoms with E-state index < -0.39 is 0 Å². The van der Waals surface area contributed by atoms with Crippen LogP contribution in [0.2, 0.25) is 0 Å². The maximum Gasteiger partial charge on any atom is 0.210 e. The minimum Gasteiger partial charge on any atom is -0.385 e. The van der Waals surface area contributed by atoms with Crippen LogP contribution in [0.3, 0.4) is 0 Å². The lowest BCUT2D eigenvalue weighted by atomic mass is 10.2. The minimum atomic E-state index is 0.106. The highest BCUT2D eigenvalue weighted by Gasteiger charge is 2.15. The molecule has 94 valence electrons. The predicted molar refractivity (Wildman–Crippen MR) is 73.9 cm³/mol. The highest BCUT2D eigenvalue weighted by atomic mass is 16.3. The van der Waals surface area contributed by atoms with Gasteiger partial charge < -0.3 is 10.7 Å². The Labute approximate surface area is 108 Å². The van der Waals surface area contributed by atoms with Crippen LogP contribution in [-0.2, 0) is 0 Å². The molecule has 0 saturated carbocycles. The molecule has 3 aromatic rings. The average molecular weight is 253 g/mol. The monoisotopic (exact) mass is 253 g/mol. The average Bonchev–Trinajstić information content (AvgIpc) is 2.74. The number of fused-ring (bicyclic) bond motifs is 1. The Morgan fingerprint density at radius 1 is 1.21 bits per heavy atom. The summed E-state index contributed by atoms with van der Waals surface area (Å²) < 4.78 is 0. The maximum absolute atomic E-state index is 11.0. The van der Waals surface area contributed by atoms with Gasteiger partial charge in [0.05, 0.1) is 5.39 Å². The molecule has 0 unspecified atom stereocenters. The number of anilines is 1. The second kappa shape index (κ2) is 4.16. The quantitative estimate of drug-likeness (QED) is 0.686. The number of nitrogen functional groups attached to an aromatic ring is 1. The van der Waals surface area contributed by atoms with Crippen molar-refractivity contribution in [2.24, 2.45) is 5.18 Å². The summed E-state index contributed by atoms with van der Waals surface area (Å²) in [5.41, 5.74) is 7.88. The second-order valence-corrected chi connectivity index (χ2v) is 4.22. The van der Waals surface area contributed by atoms with Gasteiger partial charge >= 0.3 is 0 Å². The summed E-state index contributed by atoms with van der Waals surface area (Å²) in [6.07, 6.45) is 0. The molecule has 0 bridgehead atoms. The number of hydrogen-bond acceptors (Lipinski definition) is 5. The number of aromatic amines is 1. The minimum absolute atomic E-state index is 0.106. The fourth-order valence-corrected chi connectivity index (χ4v) is 2.02. The number of aryl methyl sites for hydroxylation is 1. The van der Waals surface area contributed by atoms with Gasteiger partial charge in [0, 0.05) is 11.1 Å². The standard InChI is InChI=1S/C13H11N5O/c1-7-9-12(15-10(7)14)16-11(17-13(9)18-19)8-5-3-2-4-6-8/h2-6H,14H2,1H3,(H,15,16,17). The van der Waals surface area contributed by atoms with Crippen molar-refractivity contribution >= 4 is 22.7 Å². The number of nitrogens with zero attached hydrogens (tertiary/aromatic N) is 3. The van der Waals surface area contributed by atoms with E-state index in [-0.39, 0.29) is 5.82 Å². The van der Waals surface area contributed by atoms with Crippen molar-refractivity contribution in [3.63, 3.8) is 0 Å². The fourth-order valence-electron chi connectivity index (χ4n) is 2.02. The third-order valence-corrected chi connectivity index (χ3v) is 3.04. The van der Waals surface area contributed by atoms with Gasteiger partial charge in [-0.05, 0) is 12.1 Å². The lowest BCUT2D eigenvalue weighted by Gasteiger charge is -2.01. The van der Waals surface area contributed by atoms with Gasteiger partial charge in [-0.3, -0.25) is 0 Å².